The van der Waals surface area contributed by atoms with Crippen LogP contribution in [0.3, 0.4) is 0 Å². The summed E-state index contributed by atoms with van der Waals surface area (Å²) in [5, 5.41) is 13.7. The molecule has 0 aromatic heterocycles. The van der Waals surface area contributed by atoms with Gasteiger partial charge in [0.05, 0.1) is 18.8 Å². The number of halogens is 1. The fraction of sp³-hybridized carbons (Fsp3) is 0.625. The molecule has 1 saturated heterocycles. The van der Waals surface area contributed by atoms with Gasteiger partial charge in [-0.2, -0.15) is 0 Å². The molecule has 116 valence electrons. The molecule has 0 bridgehead atoms. The number of aliphatic hydroxyl groups is 1. The van der Waals surface area contributed by atoms with Gasteiger partial charge in [-0.1, -0.05) is 17.7 Å². The second-order valence-electron chi connectivity index (χ2n) is 6.05. The van der Waals surface area contributed by atoms with Crippen LogP contribution < -0.4 is 10.2 Å². The van der Waals surface area contributed by atoms with Crippen LogP contribution in [0.1, 0.15) is 25.3 Å². The quantitative estimate of drug-likeness (QED) is 0.875. The molecule has 1 aromatic rings. The van der Waals surface area contributed by atoms with E-state index < -0.39 is 0 Å². The summed E-state index contributed by atoms with van der Waals surface area (Å²) in [6, 6.07) is 6.71. The predicted octanol–water partition coefficient (Wildman–Crippen LogP) is 2.18. The van der Waals surface area contributed by atoms with Gasteiger partial charge in [0, 0.05) is 41.9 Å². The summed E-state index contributed by atoms with van der Waals surface area (Å²) < 4.78 is 5.73. The van der Waals surface area contributed by atoms with Crippen molar-refractivity contribution in [3.05, 3.63) is 28.8 Å². The molecule has 0 spiro atoms. The molecule has 2 N–H and O–H groups in total. The first-order chi connectivity index (χ1) is 10.2. The van der Waals surface area contributed by atoms with Crippen molar-refractivity contribution in [2.24, 2.45) is 0 Å². The Hall–Kier alpha value is -0.810. The maximum absolute atomic E-state index is 9.39. The summed E-state index contributed by atoms with van der Waals surface area (Å²) in [6.45, 7) is 4.43. The van der Waals surface area contributed by atoms with Crippen molar-refractivity contribution < 1.29 is 9.84 Å². The minimum absolute atomic E-state index is 0.0526. The third-order valence-corrected chi connectivity index (χ3v) is 4.46. The van der Waals surface area contributed by atoms with Gasteiger partial charge in [0.1, 0.15) is 0 Å². The van der Waals surface area contributed by atoms with Crippen molar-refractivity contribution in [3.8, 4) is 0 Å². The number of morpholine rings is 1. The van der Waals surface area contributed by atoms with Gasteiger partial charge in [0.25, 0.3) is 0 Å². The van der Waals surface area contributed by atoms with E-state index in [1.54, 1.807) is 0 Å². The molecule has 1 aromatic carbocycles. The number of aliphatic hydroxyl groups excluding tert-OH is 1. The van der Waals surface area contributed by atoms with Gasteiger partial charge in [0.2, 0.25) is 0 Å². The van der Waals surface area contributed by atoms with E-state index in [1.807, 2.05) is 19.1 Å². The smallest absolute Gasteiger partial charge is 0.0984 e. The van der Waals surface area contributed by atoms with E-state index in [0.717, 1.165) is 29.4 Å². The summed E-state index contributed by atoms with van der Waals surface area (Å²) in [4.78, 5) is 2.28. The zero-order valence-electron chi connectivity index (χ0n) is 12.4. The number of rotatable bonds is 5. The van der Waals surface area contributed by atoms with Crippen molar-refractivity contribution in [2.45, 2.75) is 44.6 Å². The molecule has 1 heterocycles. The minimum atomic E-state index is -0.128. The van der Waals surface area contributed by atoms with Gasteiger partial charge < -0.3 is 20.1 Å². The molecule has 1 aliphatic heterocycles. The average molecular weight is 311 g/mol. The first-order valence-corrected chi connectivity index (χ1v) is 8.07. The SMILES string of the molecule is CC1CN(c2cccc(Cl)c2CNC2CC2)CC(CO)O1. The molecule has 3 rings (SSSR count). The molecule has 21 heavy (non-hydrogen) atoms. The highest BCUT2D eigenvalue weighted by atomic mass is 35.5. The van der Waals surface area contributed by atoms with Gasteiger partial charge in [-0.25, -0.2) is 0 Å². The van der Waals surface area contributed by atoms with E-state index in [1.165, 1.54) is 12.8 Å². The number of hydrogen-bond donors (Lipinski definition) is 2. The highest BCUT2D eigenvalue weighted by molar-refractivity contribution is 6.31. The van der Waals surface area contributed by atoms with Crippen LogP contribution in [0, 0.1) is 0 Å². The molecule has 5 heteroatoms. The van der Waals surface area contributed by atoms with Crippen molar-refractivity contribution in [3.63, 3.8) is 0 Å². The maximum Gasteiger partial charge on any atom is 0.0984 e. The van der Waals surface area contributed by atoms with E-state index in [9.17, 15) is 5.11 Å². The molecule has 1 aliphatic carbocycles. The van der Waals surface area contributed by atoms with Crippen LogP contribution in [0.5, 0.6) is 0 Å². The van der Waals surface area contributed by atoms with Crippen LogP contribution in [0.15, 0.2) is 18.2 Å². The predicted molar refractivity (Wildman–Crippen MR) is 84.9 cm³/mol. The molecular weight excluding hydrogens is 288 g/mol. The van der Waals surface area contributed by atoms with E-state index in [0.29, 0.717) is 12.6 Å². The molecule has 2 aliphatic rings. The third-order valence-electron chi connectivity index (χ3n) is 4.11. The fourth-order valence-corrected chi connectivity index (χ4v) is 3.13. The van der Waals surface area contributed by atoms with Crippen molar-refractivity contribution in [1.82, 2.24) is 5.32 Å². The molecule has 2 unspecified atom stereocenters. The van der Waals surface area contributed by atoms with E-state index >= 15 is 0 Å². The van der Waals surface area contributed by atoms with E-state index in [-0.39, 0.29) is 18.8 Å². The highest BCUT2D eigenvalue weighted by Gasteiger charge is 2.27. The van der Waals surface area contributed by atoms with Crippen LogP contribution in [0.25, 0.3) is 0 Å². The van der Waals surface area contributed by atoms with Crippen LogP contribution >= 0.6 is 11.6 Å². The Kier molecular flexibility index (Phi) is 4.69. The number of anilines is 1. The second-order valence-corrected chi connectivity index (χ2v) is 6.46. The van der Waals surface area contributed by atoms with Gasteiger partial charge in [0.15, 0.2) is 0 Å². The largest absolute Gasteiger partial charge is 0.394 e. The summed E-state index contributed by atoms with van der Waals surface area (Å²) in [6.07, 6.45) is 2.51. The Labute approximate surface area is 131 Å². The summed E-state index contributed by atoms with van der Waals surface area (Å²) >= 11 is 6.41. The summed E-state index contributed by atoms with van der Waals surface area (Å²) in [5.74, 6) is 0. The molecule has 0 radical (unpaired) electrons. The lowest BCUT2D eigenvalue weighted by Crippen LogP contribution is -2.48. The lowest BCUT2D eigenvalue weighted by Gasteiger charge is -2.38. The molecule has 4 nitrogen and oxygen atoms in total. The fourth-order valence-electron chi connectivity index (χ4n) is 2.90. The van der Waals surface area contributed by atoms with E-state index in [2.05, 4.69) is 16.3 Å². The lowest BCUT2D eigenvalue weighted by atomic mass is 10.1. The van der Waals surface area contributed by atoms with E-state index in [4.69, 9.17) is 16.3 Å². The topological polar surface area (TPSA) is 44.7 Å². The number of hydrogen-bond acceptors (Lipinski definition) is 4. The summed E-state index contributed by atoms with van der Waals surface area (Å²) in [7, 11) is 0. The zero-order valence-corrected chi connectivity index (χ0v) is 13.1. The maximum atomic E-state index is 9.39. The van der Waals surface area contributed by atoms with Crippen LogP contribution in [-0.4, -0.2) is 43.1 Å². The zero-order chi connectivity index (χ0) is 14.8. The average Bonchev–Trinajstić information content (AvgIpc) is 3.29. The number of benzene rings is 1. The Balaban J connectivity index is 1.80. The first-order valence-electron chi connectivity index (χ1n) is 7.69. The molecule has 2 atom stereocenters. The van der Waals surface area contributed by atoms with Crippen LogP contribution in [0.4, 0.5) is 5.69 Å². The molecular formula is C16H23ClN2O2. The minimum Gasteiger partial charge on any atom is -0.394 e. The van der Waals surface area contributed by atoms with Gasteiger partial charge in [-0.3, -0.25) is 0 Å². The first kappa shape index (κ1) is 15.1. The standard InChI is InChI=1S/C16H23ClN2O2/c1-11-8-19(9-13(10-20)21-11)16-4-2-3-15(17)14(16)7-18-12-5-6-12/h2-4,11-13,18,20H,5-10H2,1H3. The molecule has 1 saturated carbocycles. The Morgan fingerprint density at radius 2 is 2.19 bits per heavy atom. The number of nitrogens with zero attached hydrogens (tertiary/aromatic N) is 1. The number of nitrogens with one attached hydrogen (secondary N) is 1. The van der Waals surface area contributed by atoms with Crippen molar-refractivity contribution in [2.75, 3.05) is 24.6 Å². The van der Waals surface area contributed by atoms with Gasteiger partial charge >= 0.3 is 0 Å². The second kappa shape index (κ2) is 6.53. The van der Waals surface area contributed by atoms with Gasteiger partial charge in [-0.15, -0.1) is 0 Å². The third kappa shape index (κ3) is 3.69. The van der Waals surface area contributed by atoms with Gasteiger partial charge in [-0.05, 0) is 31.9 Å². The number of ether oxygens (including phenoxy) is 1. The van der Waals surface area contributed by atoms with Crippen LogP contribution in [0.2, 0.25) is 5.02 Å². The van der Waals surface area contributed by atoms with Crippen LogP contribution in [-0.2, 0) is 11.3 Å². The highest BCUT2D eigenvalue weighted by Crippen LogP contribution is 2.31. The lowest BCUT2D eigenvalue weighted by molar-refractivity contribution is -0.0421. The normalized spacial score (nSPS) is 26.1. The monoisotopic (exact) mass is 310 g/mol. The Morgan fingerprint density at radius 3 is 2.90 bits per heavy atom. The molecule has 0 amide bonds. The van der Waals surface area contributed by atoms with Crippen molar-refractivity contribution in [1.29, 1.82) is 0 Å². The summed E-state index contributed by atoms with van der Waals surface area (Å²) in [5.41, 5.74) is 2.31. The molecule has 2 fully saturated rings. The Morgan fingerprint density at radius 1 is 1.38 bits per heavy atom. The van der Waals surface area contributed by atoms with Crippen molar-refractivity contribution >= 4 is 17.3 Å². The Bertz CT molecular complexity index is 493.